The average molecular weight is 1050 g/mol. The number of hydrogen-bond donors (Lipinski definition) is 0. The largest absolute Gasteiger partial charge is 0.310 e. The summed E-state index contributed by atoms with van der Waals surface area (Å²) in [5.74, 6) is 0. The van der Waals surface area contributed by atoms with Gasteiger partial charge in [0.2, 0.25) is 0 Å². The van der Waals surface area contributed by atoms with E-state index in [-0.39, 0.29) is 10.8 Å². The number of fused-ring (bicyclic) bond motifs is 12. The average Bonchev–Trinajstić information content (AvgIpc) is 4.38. The first kappa shape index (κ1) is 47.6. The van der Waals surface area contributed by atoms with E-state index in [9.17, 15) is 0 Å². The lowest BCUT2D eigenvalue weighted by molar-refractivity contribution is 0.660. The van der Waals surface area contributed by atoms with Gasteiger partial charge in [-0.2, -0.15) is 0 Å². The van der Waals surface area contributed by atoms with Crippen molar-refractivity contribution in [2.24, 2.45) is 0 Å². The Kier molecular flexibility index (Phi) is 10.3. The summed E-state index contributed by atoms with van der Waals surface area (Å²) in [6.07, 6.45) is 0. The molecule has 0 atom stereocenters. The number of rotatable bonds is 8. The Bertz CT molecular complexity index is 4450. The van der Waals surface area contributed by atoms with Gasteiger partial charge in [0.1, 0.15) is 0 Å². The number of anilines is 3. The zero-order valence-corrected chi connectivity index (χ0v) is 47.1. The third-order valence-electron chi connectivity index (χ3n) is 19.2. The highest BCUT2D eigenvalue weighted by Gasteiger charge is 2.49. The molecule has 3 aliphatic carbocycles. The van der Waals surface area contributed by atoms with E-state index < -0.39 is 13.5 Å². The molecule has 1 nitrogen and oxygen atoms in total. The molecule has 12 aromatic carbocycles. The summed E-state index contributed by atoms with van der Waals surface area (Å²) >= 11 is 0. The van der Waals surface area contributed by atoms with Gasteiger partial charge in [0.25, 0.3) is 0 Å². The van der Waals surface area contributed by atoms with Crippen LogP contribution in [-0.4, -0.2) is 8.07 Å². The molecule has 0 spiro atoms. The number of benzene rings is 12. The minimum atomic E-state index is -2.66. The third kappa shape index (κ3) is 6.60. The van der Waals surface area contributed by atoms with Gasteiger partial charge in [-0.3, -0.25) is 0 Å². The fourth-order valence-corrected chi connectivity index (χ4v) is 20.8. The zero-order chi connectivity index (χ0) is 54.2. The van der Waals surface area contributed by atoms with Gasteiger partial charge >= 0.3 is 0 Å². The SMILES string of the molecule is CC1(C)c2ccc(N(c3cccc(C4(c5ccccc5)c5ccccc5-c5ccccc54)c3)c3ccc4c(c3)C(C)(C)c3ccccc3-4)cc2-c2ccc(-c3cccc([Si]4(c5ccccc5)c5ccccc5-c5ccccc54)c3)cc21. The molecule has 4 aliphatic rings. The molecule has 2 heteroatoms. The van der Waals surface area contributed by atoms with Crippen molar-refractivity contribution in [3.63, 3.8) is 0 Å². The molecule has 384 valence electrons. The molecule has 0 saturated heterocycles. The first-order valence-electron chi connectivity index (χ1n) is 28.7. The maximum absolute atomic E-state index is 2.66. The van der Waals surface area contributed by atoms with E-state index in [1.807, 2.05) is 0 Å². The van der Waals surface area contributed by atoms with Crippen molar-refractivity contribution in [2.45, 2.75) is 43.9 Å². The lowest BCUT2D eigenvalue weighted by atomic mass is 9.67. The number of nitrogens with zero attached hydrogens (tertiary/aromatic N) is 1. The fraction of sp³-hybridized carbons (Fsp3) is 0.0886. The van der Waals surface area contributed by atoms with Crippen LogP contribution in [0.3, 0.4) is 0 Å². The minimum Gasteiger partial charge on any atom is -0.310 e. The Morgan fingerprint density at radius 3 is 1.38 bits per heavy atom. The molecule has 16 rings (SSSR count). The first-order chi connectivity index (χ1) is 39.7. The zero-order valence-electron chi connectivity index (χ0n) is 46.1. The quantitative estimate of drug-likeness (QED) is 0.137. The van der Waals surface area contributed by atoms with Crippen LogP contribution in [0.25, 0.3) is 55.6 Å². The molecule has 0 saturated carbocycles. The second-order valence-corrected chi connectivity index (χ2v) is 27.6. The van der Waals surface area contributed by atoms with Gasteiger partial charge < -0.3 is 4.90 Å². The van der Waals surface area contributed by atoms with Crippen molar-refractivity contribution < 1.29 is 0 Å². The summed E-state index contributed by atoms with van der Waals surface area (Å²) in [5, 5.41) is 5.76. The summed E-state index contributed by atoms with van der Waals surface area (Å²) in [6, 6.07) is 109. The molecule has 0 aromatic heterocycles. The van der Waals surface area contributed by atoms with Gasteiger partial charge in [0.15, 0.2) is 8.07 Å². The Morgan fingerprint density at radius 1 is 0.259 bits per heavy atom. The van der Waals surface area contributed by atoms with Gasteiger partial charge in [-0.25, -0.2) is 0 Å². The molecule has 0 unspecified atom stereocenters. The topological polar surface area (TPSA) is 3.24 Å². The Hall–Kier alpha value is -9.34. The molecule has 1 heterocycles. The van der Waals surface area contributed by atoms with Crippen molar-refractivity contribution in [2.75, 3.05) is 4.90 Å². The Labute approximate surface area is 477 Å². The van der Waals surface area contributed by atoms with Gasteiger partial charge in [0.05, 0.1) is 5.41 Å². The van der Waals surface area contributed by atoms with Gasteiger partial charge in [-0.1, -0.05) is 270 Å². The smallest absolute Gasteiger partial charge is 0.180 e. The highest BCUT2D eigenvalue weighted by atomic mass is 28.3. The van der Waals surface area contributed by atoms with Crippen molar-refractivity contribution in [3.05, 3.63) is 330 Å². The lowest BCUT2D eigenvalue weighted by Gasteiger charge is -2.35. The Morgan fingerprint density at radius 2 is 0.704 bits per heavy atom. The maximum Gasteiger partial charge on any atom is 0.180 e. The molecule has 0 N–H and O–H groups in total. The van der Waals surface area contributed by atoms with Crippen LogP contribution < -0.4 is 25.6 Å². The van der Waals surface area contributed by atoms with Crippen LogP contribution >= 0.6 is 0 Å². The molecule has 0 bridgehead atoms. The van der Waals surface area contributed by atoms with Crippen molar-refractivity contribution in [1.82, 2.24) is 0 Å². The highest BCUT2D eigenvalue weighted by Crippen LogP contribution is 2.58. The molecular weight excluding hydrogens is 991 g/mol. The normalized spacial score (nSPS) is 15.3. The van der Waals surface area contributed by atoms with Crippen molar-refractivity contribution >= 4 is 45.9 Å². The molecule has 0 amide bonds. The minimum absolute atomic E-state index is 0.168. The second kappa shape index (κ2) is 17.6. The lowest BCUT2D eigenvalue weighted by Crippen LogP contribution is -2.72. The van der Waals surface area contributed by atoms with E-state index in [0.29, 0.717) is 0 Å². The summed E-state index contributed by atoms with van der Waals surface area (Å²) in [4.78, 5) is 2.53. The van der Waals surface area contributed by atoms with Gasteiger partial charge in [-0.05, 0) is 163 Å². The molecule has 12 aromatic rings. The maximum atomic E-state index is 2.53. The van der Waals surface area contributed by atoms with Crippen LogP contribution in [0, 0.1) is 0 Å². The van der Waals surface area contributed by atoms with Gasteiger partial charge in [0, 0.05) is 27.9 Å². The van der Waals surface area contributed by atoms with Crippen LogP contribution in [0.15, 0.2) is 285 Å². The van der Waals surface area contributed by atoms with E-state index in [1.165, 1.54) is 121 Å². The van der Waals surface area contributed by atoms with Crippen molar-refractivity contribution in [1.29, 1.82) is 0 Å². The van der Waals surface area contributed by atoms with Crippen LogP contribution in [-0.2, 0) is 16.2 Å². The van der Waals surface area contributed by atoms with Crippen LogP contribution in [0.2, 0.25) is 0 Å². The second-order valence-electron chi connectivity index (χ2n) is 23.9. The summed E-state index contributed by atoms with van der Waals surface area (Å²) in [5.41, 5.74) is 26.1. The van der Waals surface area contributed by atoms with E-state index in [0.717, 1.165) is 17.1 Å². The summed E-state index contributed by atoms with van der Waals surface area (Å²) < 4.78 is 0. The summed E-state index contributed by atoms with van der Waals surface area (Å²) in [6.45, 7) is 9.62. The molecule has 81 heavy (non-hydrogen) atoms. The van der Waals surface area contributed by atoms with Crippen molar-refractivity contribution in [3.8, 4) is 55.6 Å². The van der Waals surface area contributed by atoms with E-state index in [2.05, 4.69) is 318 Å². The van der Waals surface area contributed by atoms with E-state index in [4.69, 9.17) is 0 Å². The molecule has 1 aliphatic heterocycles. The van der Waals surface area contributed by atoms with Crippen LogP contribution in [0.4, 0.5) is 17.1 Å². The summed E-state index contributed by atoms with van der Waals surface area (Å²) in [7, 11) is -2.66. The monoisotopic (exact) mass is 1050 g/mol. The predicted octanol–water partition coefficient (Wildman–Crippen LogP) is 17.2. The standard InChI is InChI=1S/C79H59NSi/c1-77(2)69-36-16-11-31-61(69)64-45-42-58(51-74(64)77)80(56-27-22-26-55(49-56)79(54-24-7-5-8-25-54)71-37-17-12-32-62(71)63-33-13-18-38-72(63)79)57-43-46-70-68(50-57)65-44-41-53(48-73(65)78(70,3)4)52-23-21-30-60(47-52)81(59-28-9-6-10-29-59)75-39-19-14-34-66(75)67-35-15-20-40-76(67)81/h5-51H,1-4H3. The predicted molar refractivity (Wildman–Crippen MR) is 342 cm³/mol. The first-order valence-corrected chi connectivity index (χ1v) is 30.7. The molecule has 0 radical (unpaired) electrons. The highest BCUT2D eigenvalue weighted by molar-refractivity contribution is 7.22. The Balaban J connectivity index is 0.857. The molecule has 0 fully saturated rings. The van der Waals surface area contributed by atoms with Crippen LogP contribution in [0.1, 0.15) is 72.2 Å². The van der Waals surface area contributed by atoms with E-state index in [1.54, 1.807) is 0 Å². The third-order valence-corrected chi connectivity index (χ3v) is 24.1. The molecular formula is C79H59NSi. The van der Waals surface area contributed by atoms with Gasteiger partial charge in [-0.15, -0.1) is 0 Å². The fourth-order valence-electron chi connectivity index (χ4n) is 15.6. The number of hydrogen-bond acceptors (Lipinski definition) is 1. The van der Waals surface area contributed by atoms with Crippen LogP contribution in [0.5, 0.6) is 0 Å². The van der Waals surface area contributed by atoms with E-state index >= 15 is 0 Å².